The van der Waals surface area contributed by atoms with Crippen LogP contribution in [0.3, 0.4) is 0 Å². The second-order valence-corrected chi connectivity index (χ2v) is 11.9. The largest absolute Gasteiger partial charge is 2.00 e. The van der Waals surface area contributed by atoms with Crippen LogP contribution < -0.4 is 19.7 Å². The summed E-state index contributed by atoms with van der Waals surface area (Å²) in [4.78, 5) is 86.4. The minimum Gasteiger partial charge on any atom is -0.403 e. The number of aromatic nitrogens is 2. The molecule has 0 saturated heterocycles. The Morgan fingerprint density at radius 3 is 1.33 bits per heavy atom. The Kier molecular flexibility index (Phi) is 13.6. The van der Waals surface area contributed by atoms with Gasteiger partial charge in [0.05, 0.1) is 21.0 Å². The maximum atomic E-state index is 12.1. The van der Waals surface area contributed by atoms with E-state index < -0.39 is 37.3 Å². The number of phosphoric ester groups is 2. The van der Waals surface area contributed by atoms with Crippen LogP contribution in [0.15, 0.2) is 60.9 Å². The van der Waals surface area contributed by atoms with Gasteiger partial charge < -0.3 is 9.05 Å². The number of nitro groups is 2. The fourth-order valence-corrected chi connectivity index (χ4v) is 4.95. The Bertz CT molecular complexity index is 1680. The quantitative estimate of drug-likeness (QED) is 0.0591. The number of amides is 2. The summed E-state index contributed by atoms with van der Waals surface area (Å²) in [5, 5.41) is 25.1. The number of phosphoric acid groups is 2. The van der Waals surface area contributed by atoms with Gasteiger partial charge in [-0.15, -0.1) is 0 Å². The third-order valence-electron chi connectivity index (χ3n) is 4.49. The zero-order valence-electron chi connectivity index (χ0n) is 21.9. The second kappa shape index (κ2) is 16.2. The van der Waals surface area contributed by atoms with Gasteiger partial charge in [-0.25, -0.2) is 19.1 Å². The van der Waals surface area contributed by atoms with Gasteiger partial charge in [0.1, 0.15) is 23.9 Å². The van der Waals surface area contributed by atoms with Gasteiger partial charge >= 0.3 is 63.4 Å². The Balaban J connectivity index is 0.000000307. The van der Waals surface area contributed by atoms with Crippen molar-refractivity contribution < 1.29 is 57.2 Å². The van der Waals surface area contributed by atoms with E-state index in [-0.39, 0.29) is 80.6 Å². The molecule has 25 heteroatoms. The fourth-order valence-electron chi connectivity index (χ4n) is 2.87. The number of thiazole rings is 2. The van der Waals surface area contributed by atoms with Crippen molar-refractivity contribution in [1.29, 1.82) is 0 Å². The van der Waals surface area contributed by atoms with E-state index >= 15 is 0 Å². The molecule has 0 atom stereocenters. The van der Waals surface area contributed by atoms with Gasteiger partial charge in [-0.3, -0.25) is 60.0 Å². The molecule has 2 aromatic carbocycles. The van der Waals surface area contributed by atoms with Crippen molar-refractivity contribution in [2.24, 2.45) is 0 Å². The van der Waals surface area contributed by atoms with Crippen LogP contribution in [0, 0.1) is 20.2 Å². The third-order valence-corrected chi connectivity index (χ3v) is 7.08. The molecule has 4 aromatic rings. The zero-order valence-corrected chi connectivity index (χ0v) is 27.5. The van der Waals surface area contributed by atoms with E-state index in [4.69, 9.17) is 19.6 Å². The maximum absolute atomic E-state index is 12.1. The van der Waals surface area contributed by atoms with E-state index in [2.05, 4.69) is 29.6 Å². The van der Waals surface area contributed by atoms with Gasteiger partial charge in [0.25, 0.3) is 11.8 Å². The van der Waals surface area contributed by atoms with Crippen LogP contribution in [0.25, 0.3) is 0 Å². The number of hydrogen-bond donors (Lipinski definition) is 6. The summed E-state index contributed by atoms with van der Waals surface area (Å²) in [5.74, 6) is -2.18. The number of anilines is 2. The molecule has 232 valence electrons. The van der Waals surface area contributed by atoms with Gasteiger partial charge in [0.15, 0.2) is 10.3 Å². The molecule has 2 aromatic heterocycles. The molecular weight excluding hydrogens is 714 g/mol. The molecule has 45 heavy (non-hydrogen) atoms. The first-order chi connectivity index (χ1) is 20.5. The smallest absolute Gasteiger partial charge is 0.403 e. The predicted molar refractivity (Wildman–Crippen MR) is 157 cm³/mol. The number of benzene rings is 2. The minimum absolute atomic E-state index is 0. The molecule has 0 unspecified atom stereocenters. The minimum atomic E-state index is -4.83. The summed E-state index contributed by atoms with van der Waals surface area (Å²) < 4.78 is 30.6. The predicted octanol–water partition coefficient (Wildman–Crippen LogP) is 3.17. The molecule has 2 amide bonds. The Morgan fingerprint density at radius 1 is 0.711 bits per heavy atom. The maximum Gasteiger partial charge on any atom is 2.00 e. The van der Waals surface area contributed by atoms with Gasteiger partial charge in [0, 0.05) is 0 Å². The number of carbonyl (C=O) groups is 2. The summed E-state index contributed by atoms with van der Waals surface area (Å²) in [6.07, 6.45) is 1.97. The number of hydrogen-bond acceptors (Lipinski definition) is 14. The van der Waals surface area contributed by atoms with Crippen LogP contribution in [-0.4, -0.2) is 88.9 Å². The SMILES string of the molecule is O=C(Nc1ncc([N+](=O)[O-])s1)c1ccccc1OP(=O)(O)O.O=C(Nc1ncc([N+](=O)[O-])s1)c1ccccc1OP(=O)(O)O.[Ca+2]. The summed E-state index contributed by atoms with van der Waals surface area (Å²) >= 11 is 1.29. The number of nitrogens with one attached hydrogen (secondary N) is 2. The number of nitrogens with zero attached hydrogens (tertiary/aromatic N) is 4. The van der Waals surface area contributed by atoms with E-state index in [1.54, 1.807) is 0 Å². The van der Waals surface area contributed by atoms with Crippen LogP contribution in [-0.2, 0) is 9.13 Å². The molecule has 0 radical (unpaired) electrons. The van der Waals surface area contributed by atoms with Crippen LogP contribution in [0.2, 0.25) is 0 Å². The summed E-state index contributed by atoms with van der Waals surface area (Å²) in [7, 11) is -9.66. The van der Waals surface area contributed by atoms with Crippen LogP contribution in [0.4, 0.5) is 20.3 Å². The molecular formula is C20H16CaN6O14P2S2+2. The van der Waals surface area contributed by atoms with Gasteiger partial charge in [-0.05, 0) is 46.9 Å². The number of carbonyl (C=O) groups excluding carboxylic acids is 2. The van der Waals surface area contributed by atoms with E-state index in [9.17, 15) is 38.9 Å². The van der Waals surface area contributed by atoms with Crippen molar-refractivity contribution in [2.75, 3.05) is 10.6 Å². The van der Waals surface area contributed by atoms with Crippen LogP contribution in [0.5, 0.6) is 11.5 Å². The molecule has 4 rings (SSSR count). The van der Waals surface area contributed by atoms with E-state index in [0.29, 0.717) is 22.7 Å². The van der Waals surface area contributed by atoms with Gasteiger partial charge in [-0.1, -0.05) is 24.3 Å². The molecule has 0 aliphatic heterocycles. The van der Waals surface area contributed by atoms with Crippen LogP contribution in [0.1, 0.15) is 20.7 Å². The monoisotopic (exact) mass is 730 g/mol. The van der Waals surface area contributed by atoms with E-state index in [1.165, 1.54) is 48.5 Å². The molecule has 0 aliphatic carbocycles. The Hall–Kier alpha value is -3.40. The second-order valence-electron chi connectivity index (χ2n) is 7.59. The standard InChI is InChI=1S/2C10H8N3O7PS.Ca/c2*14-9(12-10-11-5-8(22-10)13(15)16)6-3-1-2-4-7(6)20-21(17,18)19;/h2*1-5H,(H,11,12,14)(H2,17,18,19);/q;;+2. The first-order valence-electron chi connectivity index (χ1n) is 11.0. The van der Waals surface area contributed by atoms with Crippen molar-refractivity contribution in [3.05, 3.63) is 92.3 Å². The summed E-state index contributed by atoms with van der Waals surface area (Å²) in [6.45, 7) is 0. The molecule has 0 fully saturated rings. The molecule has 0 aliphatic rings. The number of rotatable bonds is 10. The van der Waals surface area contributed by atoms with Crippen molar-refractivity contribution in [3.8, 4) is 11.5 Å². The third kappa shape index (κ3) is 12.1. The summed E-state index contributed by atoms with van der Waals surface area (Å²) in [6, 6.07) is 10.8. The van der Waals surface area contributed by atoms with E-state index in [1.807, 2.05) is 0 Å². The van der Waals surface area contributed by atoms with Crippen molar-refractivity contribution in [2.45, 2.75) is 0 Å². The number of para-hydroxylation sites is 2. The average Bonchev–Trinajstić information content (AvgIpc) is 3.58. The zero-order chi connectivity index (χ0) is 32.7. The fraction of sp³-hybridized carbons (Fsp3) is 0. The molecule has 0 saturated carbocycles. The molecule has 20 nitrogen and oxygen atoms in total. The Labute approximate surface area is 287 Å². The molecule has 6 N–H and O–H groups in total. The molecule has 0 spiro atoms. The van der Waals surface area contributed by atoms with E-state index in [0.717, 1.165) is 12.4 Å². The van der Waals surface area contributed by atoms with Crippen molar-refractivity contribution in [1.82, 2.24) is 9.97 Å². The first kappa shape index (κ1) is 37.8. The topological polar surface area (TPSA) is 304 Å². The Morgan fingerprint density at radius 2 is 1.04 bits per heavy atom. The van der Waals surface area contributed by atoms with Gasteiger partial charge in [-0.2, -0.15) is 0 Å². The van der Waals surface area contributed by atoms with Crippen molar-refractivity contribution >= 4 is 108 Å². The van der Waals surface area contributed by atoms with Crippen LogP contribution >= 0.6 is 38.3 Å². The normalized spacial score (nSPS) is 10.8. The molecule has 2 heterocycles. The first-order valence-corrected chi connectivity index (χ1v) is 15.7. The summed E-state index contributed by atoms with van der Waals surface area (Å²) in [5.41, 5.74) is -0.299. The average molecular weight is 731 g/mol. The van der Waals surface area contributed by atoms with Crippen molar-refractivity contribution in [3.63, 3.8) is 0 Å². The molecule has 0 bridgehead atoms. The van der Waals surface area contributed by atoms with Gasteiger partial charge in [0.2, 0.25) is 0 Å².